The molecule has 0 saturated heterocycles. The highest BCUT2D eigenvalue weighted by Crippen LogP contribution is 2.45. The molecule has 0 unspecified atom stereocenters. The van der Waals surface area contributed by atoms with Gasteiger partial charge in [-0.15, -0.1) is 11.3 Å². The molecule has 0 spiro atoms. The fourth-order valence-electron chi connectivity index (χ4n) is 6.61. The van der Waals surface area contributed by atoms with Crippen LogP contribution in [0.2, 0.25) is 0 Å². The molecule has 206 valence electrons. The highest BCUT2D eigenvalue weighted by Gasteiger charge is 2.20. The van der Waals surface area contributed by atoms with Crippen LogP contribution in [0, 0.1) is 0 Å². The Bertz CT molecular complexity index is 2480. The quantitative estimate of drug-likeness (QED) is 0.193. The molecule has 2 aromatic heterocycles. The number of hydrogen-bond donors (Lipinski definition) is 0. The molecule has 0 aliphatic carbocycles. The molecule has 0 saturated carbocycles. The molecule has 0 amide bonds. The molecule has 0 fully saturated rings. The van der Waals surface area contributed by atoms with Crippen LogP contribution in [0.5, 0.6) is 0 Å². The van der Waals surface area contributed by atoms with E-state index in [1.807, 2.05) is 6.20 Å². The van der Waals surface area contributed by atoms with E-state index in [0.29, 0.717) is 0 Å². The van der Waals surface area contributed by atoms with E-state index in [9.17, 15) is 0 Å². The molecule has 0 aliphatic heterocycles. The summed E-state index contributed by atoms with van der Waals surface area (Å²) in [7, 11) is 0. The first-order chi connectivity index (χ1) is 21.8. The van der Waals surface area contributed by atoms with Gasteiger partial charge in [0.05, 0.1) is 10.4 Å². The van der Waals surface area contributed by atoms with Crippen LogP contribution in [-0.2, 0) is 0 Å². The molecule has 0 atom stereocenters. The van der Waals surface area contributed by atoms with Gasteiger partial charge in [-0.25, -0.2) is 4.98 Å². The molecule has 0 aliphatic rings. The number of rotatable bonds is 4. The Morgan fingerprint density at radius 1 is 0.455 bits per heavy atom. The zero-order chi connectivity index (χ0) is 29.0. The number of anilines is 3. The van der Waals surface area contributed by atoms with E-state index < -0.39 is 0 Å². The van der Waals surface area contributed by atoms with Crippen LogP contribution in [0.4, 0.5) is 17.2 Å². The Hall–Kier alpha value is -5.51. The first-order valence-corrected chi connectivity index (χ1v) is 15.7. The topological polar surface area (TPSA) is 16.1 Å². The standard InChI is InChI=1S/C41H26N2S/c1-2-10-27(11-3-1)28-18-21-31(22-19-28)43(40-25-36-34-16-8-9-17-38(34)44-39(36)26-42-40)37-24-30-13-5-7-15-33(30)41-32-14-6-4-12-29(32)20-23-35(37)41/h1-26H. The van der Waals surface area contributed by atoms with Crippen molar-refractivity contribution in [2.45, 2.75) is 0 Å². The summed E-state index contributed by atoms with van der Waals surface area (Å²) in [6.07, 6.45) is 2.04. The monoisotopic (exact) mass is 578 g/mol. The predicted molar refractivity (Wildman–Crippen MR) is 190 cm³/mol. The van der Waals surface area contributed by atoms with Crippen molar-refractivity contribution in [3.05, 3.63) is 158 Å². The summed E-state index contributed by atoms with van der Waals surface area (Å²) < 4.78 is 2.48. The van der Waals surface area contributed by atoms with Gasteiger partial charge >= 0.3 is 0 Å². The number of thiophene rings is 1. The lowest BCUT2D eigenvalue weighted by Crippen LogP contribution is -2.12. The third-order valence-electron chi connectivity index (χ3n) is 8.68. The fourth-order valence-corrected chi connectivity index (χ4v) is 7.66. The average molecular weight is 579 g/mol. The molecule has 9 rings (SSSR count). The largest absolute Gasteiger partial charge is 0.294 e. The molecule has 9 aromatic rings. The molecule has 0 N–H and O–H groups in total. The lowest BCUT2D eigenvalue weighted by atomic mass is 9.94. The van der Waals surface area contributed by atoms with E-state index in [-0.39, 0.29) is 0 Å². The Labute approximate surface area is 259 Å². The zero-order valence-corrected chi connectivity index (χ0v) is 24.6. The van der Waals surface area contributed by atoms with Crippen LogP contribution in [0.25, 0.3) is 63.6 Å². The second-order valence-corrected chi connectivity index (χ2v) is 12.3. The minimum atomic E-state index is 0.901. The van der Waals surface area contributed by atoms with E-state index >= 15 is 0 Å². The molecule has 44 heavy (non-hydrogen) atoms. The molecule has 0 bridgehead atoms. The van der Waals surface area contributed by atoms with Crippen molar-refractivity contribution in [2.75, 3.05) is 4.90 Å². The minimum Gasteiger partial charge on any atom is -0.294 e. The summed E-state index contributed by atoms with van der Waals surface area (Å²) in [5.74, 6) is 0.901. The molecule has 0 radical (unpaired) electrons. The smallest absolute Gasteiger partial charge is 0.138 e. The maximum atomic E-state index is 5.12. The second kappa shape index (κ2) is 10.0. The van der Waals surface area contributed by atoms with Crippen LogP contribution >= 0.6 is 11.3 Å². The highest BCUT2D eigenvalue weighted by molar-refractivity contribution is 7.25. The van der Waals surface area contributed by atoms with Crippen molar-refractivity contribution < 1.29 is 0 Å². The van der Waals surface area contributed by atoms with Gasteiger partial charge in [-0.1, -0.05) is 121 Å². The number of fused-ring (bicyclic) bond motifs is 8. The maximum Gasteiger partial charge on any atom is 0.138 e. The van der Waals surface area contributed by atoms with Crippen molar-refractivity contribution in [3.63, 3.8) is 0 Å². The van der Waals surface area contributed by atoms with Gasteiger partial charge in [0.1, 0.15) is 5.82 Å². The summed E-state index contributed by atoms with van der Waals surface area (Å²) in [5.41, 5.74) is 4.58. The first kappa shape index (κ1) is 25.0. The number of benzene rings is 7. The van der Waals surface area contributed by atoms with E-state index in [4.69, 9.17) is 4.98 Å². The van der Waals surface area contributed by atoms with Gasteiger partial charge in [-0.05, 0) is 68.4 Å². The average Bonchev–Trinajstić information content (AvgIpc) is 3.47. The number of hydrogen-bond acceptors (Lipinski definition) is 3. The molecule has 7 aromatic carbocycles. The van der Waals surface area contributed by atoms with Crippen LogP contribution in [0.1, 0.15) is 0 Å². The van der Waals surface area contributed by atoms with Crippen molar-refractivity contribution in [1.82, 2.24) is 4.98 Å². The van der Waals surface area contributed by atoms with Crippen LogP contribution < -0.4 is 4.90 Å². The number of nitrogens with zero attached hydrogens (tertiary/aromatic N) is 2. The predicted octanol–water partition coefficient (Wildman–Crippen LogP) is 12.0. The third-order valence-corrected chi connectivity index (χ3v) is 9.80. The van der Waals surface area contributed by atoms with Crippen molar-refractivity contribution in [3.8, 4) is 11.1 Å². The van der Waals surface area contributed by atoms with E-state index in [0.717, 1.165) is 17.2 Å². The third kappa shape index (κ3) is 3.98. The second-order valence-electron chi connectivity index (χ2n) is 11.2. The molecular formula is C41H26N2S. The minimum absolute atomic E-state index is 0.901. The fraction of sp³-hybridized carbons (Fsp3) is 0. The number of pyridine rings is 1. The van der Waals surface area contributed by atoms with Crippen molar-refractivity contribution in [1.29, 1.82) is 0 Å². The zero-order valence-electron chi connectivity index (χ0n) is 23.8. The lowest BCUT2D eigenvalue weighted by Gasteiger charge is -2.27. The summed E-state index contributed by atoms with van der Waals surface area (Å²) in [6, 6.07) is 54.6. The SMILES string of the molecule is c1ccc(-c2ccc(N(c3cc4c(cn3)sc3ccccc34)c3cc4ccccc4c4c3ccc3ccccc34)cc2)cc1. The van der Waals surface area contributed by atoms with Gasteiger partial charge in [0.25, 0.3) is 0 Å². The Kier molecular flexibility index (Phi) is 5.71. The van der Waals surface area contributed by atoms with Gasteiger partial charge in [0.15, 0.2) is 0 Å². The van der Waals surface area contributed by atoms with E-state index in [1.54, 1.807) is 11.3 Å². The molecule has 2 nitrogen and oxygen atoms in total. The van der Waals surface area contributed by atoms with Gasteiger partial charge < -0.3 is 0 Å². The molecule has 3 heteroatoms. The first-order valence-electron chi connectivity index (χ1n) is 14.9. The summed E-state index contributed by atoms with van der Waals surface area (Å²) in [4.78, 5) is 7.46. The normalized spacial score (nSPS) is 11.6. The van der Waals surface area contributed by atoms with Gasteiger partial charge in [0.2, 0.25) is 0 Å². The Morgan fingerprint density at radius 2 is 1.11 bits per heavy atom. The van der Waals surface area contributed by atoms with Gasteiger partial charge in [-0.2, -0.15) is 0 Å². The van der Waals surface area contributed by atoms with Crippen LogP contribution in [0.3, 0.4) is 0 Å². The molecule has 2 heterocycles. The van der Waals surface area contributed by atoms with Gasteiger partial charge in [0, 0.05) is 32.7 Å². The van der Waals surface area contributed by atoms with Gasteiger partial charge in [-0.3, -0.25) is 4.90 Å². The number of aromatic nitrogens is 1. The summed E-state index contributed by atoms with van der Waals surface area (Å²) in [6.45, 7) is 0. The lowest BCUT2D eigenvalue weighted by molar-refractivity contribution is 1.20. The maximum absolute atomic E-state index is 5.12. The van der Waals surface area contributed by atoms with E-state index in [2.05, 4.69) is 157 Å². The van der Waals surface area contributed by atoms with Crippen LogP contribution in [-0.4, -0.2) is 4.98 Å². The molecular weight excluding hydrogens is 553 g/mol. The highest BCUT2D eigenvalue weighted by atomic mass is 32.1. The Morgan fingerprint density at radius 3 is 1.93 bits per heavy atom. The van der Waals surface area contributed by atoms with Crippen LogP contribution in [0.15, 0.2) is 158 Å². The van der Waals surface area contributed by atoms with Crippen molar-refractivity contribution >= 4 is 81.0 Å². The Balaban J connectivity index is 1.35. The van der Waals surface area contributed by atoms with Crippen molar-refractivity contribution in [2.24, 2.45) is 0 Å². The summed E-state index contributed by atoms with van der Waals surface area (Å²) in [5, 5.41) is 9.94. The van der Waals surface area contributed by atoms with E-state index in [1.165, 1.54) is 63.6 Å². The summed E-state index contributed by atoms with van der Waals surface area (Å²) >= 11 is 1.80.